The first kappa shape index (κ1) is 18.6. The maximum absolute atomic E-state index is 12.4. The fourth-order valence-electron chi connectivity index (χ4n) is 3.47. The second-order valence-corrected chi connectivity index (χ2v) is 6.45. The molecule has 0 radical (unpaired) electrons. The minimum Gasteiger partial charge on any atom is -0.481 e. The minimum absolute atomic E-state index is 0.308. The Kier molecular flexibility index (Phi) is 5.20. The van der Waals surface area contributed by atoms with E-state index in [9.17, 15) is 4.79 Å². The largest absolute Gasteiger partial charge is 0.481 e. The van der Waals surface area contributed by atoms with Gasteiger partial charge in [0.05, 0.1) is 13.7 Å². The molecular weight excluding hydrogens is 364 g/mol. The third-order valence-electron chi connectivity index (χ3n) is 4.73. The van der Waals surface area contributed by atoms with Crippen molar-refractivity contribution in [3.8, 4) is 28.5 Å². The zero-order valence-electron chi connectivity index (χ0n) is 16.4. The van der Waals surface area contributed by atoms with E-state index in [0.717, 1.165) is 22.6 Å². The summed E-state index contributed by atoms with van der Waals surface area (Å²) in [6.07, 6.45) is 3.86. The summed E-state index contributed by atoms with van der Waals surface area (Å²) in [7, 11) is 1.56. The Bertz CT molecular complexity index is 1050. The number of rotatable bonds is 6. The molecule has 146 valence electrons. The molecule has 5 nitrogen and oxygen atoms in total. The summed E-state index contributed by atoms with van der Waals surface area (Å²) in [4.78, 5) is 12.4. The van der Waals surface area contributed by atoms with Crippen molar-refractivity contribution in [3.63, 3.8) is 0 Å². The Morgan fingerprint density at radius 1 is 0.862 bits per heavy atom. The predicted octanol–water partition coefficient (Wildman–Crippen LogP) is 5.12. The van der Waals surface area contributed by atoms with Crippen molar-refractivity contribution in [1.82, 2.24) is 9.13 Å². The van der Waals surface area contributed by atoms with Gasteiger partial charge in [0.15, 0.2) is 0 Å². The minimum atomic E-state index is -0.401. The van der Waals surface area contributed by atoms with Crippen LogP contribution >= 0.6 is 0 Å². The molecule has 0 aliphatic rings. The third kappa shape index (κ3) is 3.43. The van der Waals surface area contributed by atoms with Gasteiger partial charge in [-0.25, -0.2) is 4.79 Å². The van der Waals surface area contributed by atoms with Crippen molar-refractivity contribution < 1.29 is 14.3 Å². The summed E-state index contributed by atoms with van der Waals surface area (Å²) in [5.41, 5.74) is 3.51. The molecule has 0 aliphatic carbocycles. The van der Waals surface area contributed by atoms with Crippen LogP contribution in [0.15, 0.2) is 85.2 Å². The van der Waals surface area contributed by atoms with Gasteiger partial charge in [-0.15, -0.1) is 0 Å². The average molecular weight is 386 g/mol. The first-order chi connectivity index (χ1) is 14.2. The average Bonchev–Trinajstić information content (AvgIpc) is 3.39. The molecule has 0 amide bonds. The van der Waals surface area contributed by atoms with E-state index in [1.165, 1.54) is 0 Å². The second kappa shape index (κ2) is 8.10. The summed E-state index contributed by atoms with van der Waals surface area (Å²) < 4.78 is 14.8. The first-order valence-corrected chi connectivity index (χ1v) is 9.49. The van der Waals surface area contributed by atoms with E-state index >= 15 is 0 Å². The fraction of sp³-hybridized carbons (Fsp3) is 0.125. The van der Waals surface area contributed by atoms with Crippen molar-refractivity contribution in [2.45, 2.75) is 6.92 Å². The van der Waals surface area contributed by atoms with E-state index in [2.05, 4.69) is 22.8 Å². The number of esters is 1. The van der Waals surface area contributed by atoms with Gasteiger partial charge in [0.1, 0.15) is 11.4 Å². The van der Waals surface area contributed by atoms with Gasteiger partial charge in [-0.3, -0.25) is 4.57 Å². The number of hydrogen-bond donors (Lipinski definition) is 0. The van der Waals surface area contributed by atoms with Gasteiger partial charge < -0.3 is 14.0 Å². The van der Waals surface area contributed by atoms with Gasteiger partial charge in [-0.2, -0.15) is 0 Å². The van der Waals surface area contributed by atoms with Crippen molar-refractivity contribution in [3.05, 3.63) is 90.8 Å². The number of benzene rings is 2. The molecule has 4 aromatic rings. The SMILES string of the molecule is CCOC(=O)c1ccn(-c2c(-c3ccccc3)ccn2-c2ccccc2)c1OC. The number of nitrogens with zero attached hydrogens (tertiary/aromatic N) is 2. The highest BCUT2D eigenvalue weighted by molar-refractivity contribution is 5.92. The number of para-hydroxylation sites is 1. The number of aromatic nitrogens is 2. The maximum Gasteiger partial charge on any atom is 0.343 e. The van der Waals surface area contributed by atoms with E-state index in [0.29, 0.717) is 18.1 Å². The maximum atomic E-state index is 12.4. The standard InChI is InChI=1S/C24H22N2O3/c1-3-29-24(27)21-15-17-26(23(21)28-2)22-20(18-10-6-4-7-11-18)14-16-25(22)19-12-8-5-9-13-19/h4-17H,3H2,1-2H3. The summed E-state index contributed by atoms with van der Waals surface area (Å²) in [6.45, 7) is 2.10. The molecule has 29 heavy (non-hydrogen) atoms. The highest BCUT2D eigenvalue weighted by atomic mass is 16.5. The molecule has 0 fully saturated rings. The Morgan fingerprint density at radius 3 is 2.17 bits per heavy atom. The van der Waals surface area contributed by atoms with Crippen LogP contribution in [0.1, 0.15) is 17.3 Å². The van der Waals surface area contributed by atoms with Crippen LogP contribution in [0.4, 0.5) is 0 Å². The highest BCUT2D eigenvalue weighted by Crippen LogP contribution is 2.34. The van der Waals surface area contributed by atoms with Gasteiger partial charge in [-0.05, 0) is 36.8 Å². The smallest absolute Gasteiger partial charge is 0.343 e. The van der Waals surface area contributed by atoms with E-state index in [4.69, 9.17) is 9.47 Å². The molecule has 2 aromatic heterocycles. The Hall–Kier alpha value is -3.73. The van der Waals surface area contributed by atoms with Crippen LogP contribution in [0.5, 0.6) is 5.88 Å². The predicted molar refractivity (Wildman–Crippen MR) is 113 cm³/mol. The van der Waals surface area contributed by atoms with E-state index < -0.39 is 5.97 Å². The topological polar surface area (TPSA) is 45.4 Å². The van der Waals surface area contributed by atoms with Crippen LogP contribution in [-0.4, -0.2) is 28.8 Å². The van der Waals surface area contributed by atoms with E-state index in [1.54, 1.807) is 20.1 Å². The Balaban J connectivity index is 1.95. The number of carbonyl (C=O) groups excluding carboxylic acids is 1. The molecule has 0 saturated heterocycles. The van der Waals surface area contributed by atoms with Crippen LogP contribution in [0.3, 0.4) is 0 Å². The van der Waals surface area contributed by atoms with E-state index in [1.807, 2.05) is 65.5 Å². The monoisotopic (exact) mass is 386 g/mol. The lowest BCUT2D eigenvalue weighted by Crippen LogP contribution is -2.09. The summed E-state index contributed by atoms with van der Waals surface area (Å²) >= 11 is 0. The van der Waals surface area contributed by atoms with Crippen molar-refractivity contribution in [2.24, 2.45) is 0 Å². The quantitative estimate of drug-likeness (QED) is 0.432. The second-order valence-electron chi connectivity index (χ2n) is 6.45. The lowest BCUT2D eigenvalue weighted by atomic mass is 10.1. The van der Waals surface area contributed by atoms with Gasteiger partial charge >= 0.3 is 5.97 Å². The molecule has 0 saturated carbocycles. The number of carbonyl (C=O) groups is 1. The first-order valence-electron chi connectivity index (χ1n) is 9.49. The summed E-state index contributed by atoms with van der Waals surface area (Å²) in [6, 6.07) is 24.0. The fourth-order valence-corrected chi connectivity index (χ4v) is 3.47. The van der Waals surface area contributed by atoms with Crippen LogP contribution in [0.25, 0.3) is 22.6 Å². The number of methoxy groups -OCH3 is 1. The van der Waals surface area contributed by atoms with Crippen molar-refractivity contribution in [2.75, 3.05) is 13.7 Å². The Morgan fingerprint density at radius 2 is 1.52 bits per heavy atom. The molecule has 0 N–H and O–H groups in total. The normalized spacial score (nSPS) is 10.7. The molecular formula is C24H22N2O3. The van der Waals surface area contributed by atoms with Crippen LogP contribution in [0, 0.1) is 0 Å². The van der Waals surface area contributed by atoms with Crippen LogP contribution in [-0.2, 0) is 4.74 Å². The van der Waals surface area contributed by atoms with Gasteiger partial charge in [0, 0.05) is 23.6 Å². The molecule has 0 atom stereocenters. The van der Waals surface area contributed by atoms with Crippen LogP contribution in [0.2, 0.25) is 0 Å². The van der Waals surface area contributed by atoms with Crippen LogP contribution < -0.4 is 4.74 Å². The summed E-state index contributed by atoms with van der Waals surface area (Å²) in [5, 5.41) is 0. The molecule has 0 spiro atoms. The summed E-state index contributed by atoms with van der Waals surface area (Å²) in [5.74, 6) is 0.925. The molecule has 0 bridgehead atoms. The van der Waals surface area contributed by atoms with Gasteiger partial charge in [0.25, 0.3) is 0 Å². The zero-order chi connectivity index (χ0) is 20.2. The number of ether oxygens (including phenoxy) is 2. The van der Waals surface area contributed by atoms with Crippen molar-refractivity contribution >= 4 is 5.97 Å². The van der Waals surface area contributed by atoms with Gasteiger partial charge in [0.2, 0.25) is 5.88 Å². The van der Waals surface area contributed by atoms with Gasteiger partial charge in [-0.1, -0.05) is 48.5 Å². The molecule has 0 unspecified atom stereocenters. The highest BCUT2D eigenvalue weighted by Gasteiger charge is 2.23. The zero-order valence-corrected chi connectivity index (χ0v) is 16.4. The molecule has 0 aliphatic heterocycles. The Labute approximate surface area is 169 Å². The molecule has 5 heteroatoms. The molecule has 2 aromatic carbocycles. The van der Waals surface area contributed by atoms with E-state index in [-0.39, 0.29) is 0 Å². The number of hydrogen-bond acceptors (Lipinski definition) is 3. The van der Waals surface area contributed by atoms with Crippen molar-refractivity contribution in [1.29, 1.82) is 0 Å². The molecule has 4 rings (SSSR count). The molecule has 2 heterocycles. The lowest BCUT2D eigenvalue weighted by Gasteiger charge is -2.16. The third-order valence-corrected chi connectivity index (χ3v) is 4.73. The lowest BCUT2D eigenvalue weighted by molar-refractivity contribution is 0.0522.